The molecule has 132 valence electrons. The lowest BCUT2D eigenvalue weighted by atomic mass is 9.89. The smallest absolute Gasteiger partial charge is 0.267 e. The van der Waals surface area contributed by atoms with Crippen LogP contribution in [0.15, 0.2) is 42.6 Å². The van der Waals surface area contributed by atoms with Crippen LogP contribution in [0, 0.1) is 12.3 Å². The highest BCUT2D eigenvalue weighted by Crippen LogP contribution is 2.23. The Morgan fingerprint density at radius 2 is 2.08 bits per heavy atom. The second-order valence-corrected chi connectivity index (χ2v) is 5.93. The number of hydrogen-bond donors (Lipinski definition) is 3. The summed E-state index contributed by atoms with van der Waals surface area (Å²) in [7, 11) is 0. The zero-order valence-electron chi connectivity index (χ0n) is 14.6. The van der Waals surface area contributed by atoms with Crippen molar-refractivity contribution >= 4 is 17.7 Å². The predicted molar refractivity (Wildman–Crippen MR) is 97.7 cm³/mol. The molecule has 2 rings (SSSR count). The number of benzene rings is 1. The molecule has 0 aliphatic carbocycles. The Bertz CT molecular complexity index is 747. The topological polar surface area (TPSA) is 91.0 Å². The molecule has 1 aromatic heterocycles. The number of amides is 1. The van der Waals surface area contributed by atoms with Crippen molar-refractivity contribution in [2.75, 3.05) is 0 Å². The largest absolute Gasteiger partial charge is 0.309 e. The van der Waals surface area contributed by atoms with Crippen LogP contribution in [-0.4, -0.2) is 26.6 Å². The summed E-state index contributed by atoms with van der Waals surface area (Å²) in [6.45, 7) is 4.74. The first-order valence-corrected chi connectivity index (χ1v) is 8.33. The van der Waals surface area contributed by atoms with Gasteiger partial charge < -0.3 is 5.41 Å². The quantitative estimate of drug-likeness (QED) is 0.298. The summed E-state index contributed by atoms with van der Waals surface area (Å²) < 4.78 is 1.87. The molecule has 0 bridgehead atoms. The van der Waals surface area contributed by atoms with Gasteiger partial charge in [-0.2, -0.15) is 5.10 Å². The number of rotatable bonds is 8. The van der Waals surface area contributed by atoms with Gasteiger partial charge in [-0.05, 0) is 36.6 Å². The normalized spacial score (nSPS) is 12.3. The van der Waals surface area contributed by atoms with Crippen LogP contribution in [0.1, 0.15) is 42.5 Å². The molecule has 1 heterocycles. The number of aromatic nitrogens is 2. The summed E-state index contributed by atoms with van der Waals surface area (Å²) in [4.78, 5) is 11.0. The van der Waals surface area contributed by atoms with Crippen LogP contribution in [-0.2, 0) is 11.3 Å². The molecule has 1 amide bonds. The van der Waals surface area contributed by atoms with Crippen LogP contribution in [0.3, 0.4) is 0 Å². The van der Waals surface area contributed by atoms with Crippen molar-refractivity contribution in [2.45, 2.75) is 39.2 Å². The van der Waals surface area contributed by atoms with Crippen molar-refractivity contribution in [1.82, 2.24) is 15.3 Å². The van der Waals surface area contributed by atoms with E-state index in [1.165, 1.54) is 6.08 Å². The molecule has 1 atom stereocenters. The molecular formula is C19H24N4O2. The molecule has 0 fully saturated rings. The average Bonchev–Trinajstić information content (AvgIpc) is 3.05. The first-order valence-electron chi connectivity index (χ1n) is 8.33. The van der Waals surface area contributed by atoms with Crippen molar-refractivity contribution in [3.8, 4) is 0 Å². The SMILES string of the molecule is CC[C@H](C(=N)CCn1ccc(C)n1)c1ccc(/C=C/C(=O)NO)cc1. The predicted octanol–water partition coefficient (Wildman–Crippen LogP) is 3.31. The molecule has 0 unspecified atom stereocenters. The third kappa shape index (κ3) is 5.39. The van der Waals surface area contributed by atoms with Crippen molar-refractivity contribution < 1.29 is 10.0 Å². The van der Waals surface area contributed by atoms with Gasteiger partial charge in [0.2, 0.25) is 0 Å². The Balaban J connectivity index is 2.00. The number of hydroxylamine groups is 1. The van der Waals surface area contributed by atoms with Crippen LogP contribution in [0.25, 0.3) is 6.08 Å². The Labute approximate surface area is 147 Å². The molecule has 2 aromatic rings. The van der Waals surface area contributed by atoms with Gasteiger partial charge in [-0.1, -0.05) is 31.2 Å². The summed E-state index contributed by atoms with van der Waals surface area (Å²) in [5.74, 6) is -0.485. The number of carbonyl (C=O) groups excluding carboxylic acids is 1. The molecule has 3 N–H and O–H groups in total. The third-order valence-corrected chi connectivity index (χ3v) is 4.09. The highest BCUT2D eigenvalue weighted by molar-refractivity contribution is 5.91. The van der Waals surface area contributed by atoms with E-state index in [0.717, 1.165) is 23.2 Å². The van der Waals surface area contributed by atoms with E-state index < -0.39 is 5.91 Å². The van der Waals surface area contributed by atoms with Crippen LogP contribution in [0.4, 0.5) is 0 Å². The van der Waals surface area contributed by atoms with E-state index in [1.54, 1.807) is 11.6 Å². The zero-order chi connectivity index (χ0) is 18.2. The Morgan fingerprint density at radius 1 is 1.36 bits per heavy atom. The van der Waals surface area contributed by atoms with Crippen LogP contribution >= 0.6 is 0 Å². The van der Waals surface area contributed by atoms with Crippen molar-refractivity contribution in [3.63, 3.8) is 0 Å². The van der Waals surface area contributed by atoms with E-state index in [2.05, 4.69) is 12.0 Å². The maximum atomic E-state index is 11.0. The molecule has 1 aromatic carbocycles. The molecule has 0 aliphatic heterocycles. The summed E-state index contributed by atoms with van der Waals surface area (Å²) in [6, 6.07) is 9.74. The minimum absolute atomic E-state index is 0.0791. The van der Waals surface area contributed by atoms with E-state index in [-0.39, 0.29) is 5.92 Å². The highest BCUT2D eigenvalue weighted by Gasteiger charge is 2.15. The van der Waals surface area contributed by atoms with Gasteiger partial charge in [0.1, 0.15) is 0 Å². The van der Waals surface area contributed by atoms with E-state index in [9.17, 15) is 4.79 Å². The third-order valence-electron chi connectivity index (χ3n) is 4.09. The Kier molecular flexibility index (Phi) is 6.65. The van der Waals surface area contributed by atoms with E-state index in [0.29, 0.717) is 18.7 Å². The summed E-state index contributed by atoms with van der Waals surface area (Å²) in [6.07, 6.45) is 6.35. The van der Waals surface area contributed by atoms with Crippen LogP contribution < -0.4 is 5.48 Å². The molecule has 0 spiro atoms. The fraction of sp³-hybridized carbons (Fsp3) is 0.316. The Morgan fingerprint density at radius 3 is 2.64 bits per heavy atom. The maximum Gasteiger partial charge on any atom is 0.267 e. The Hall–Kier alpha value is -2.73. The fourth-order valence-electron chi connectivity index (χ4n) is 2.73. The van der Waals surface area contributed by atoms with Gasteiger partial charge in [-0.15, -0.1) is 0 Å². The molecule has 0 saturated carbocycles. The monoisotopic (exact) mass is 340 g/mol. The molecule has 0 aliphatic rings. The standard InChI is InChI=1S/C19H24N4O2/c1-3-17(18(20)11-13-23-12-10-14(2)21-23)16-7-4-15(5-8-16)6-9-19(24)22-25/h4-10,12,17,20,25H,3,11,13H2,1-2H3,(H,22,24)/b9-6+,20-18?/t17-/m0/s1. The minimum atomic E-state index is -0.564. The molecule has 0 radical (unpaired) electrons. The van der Waals surface area contributed by atoms with Gasteiger partial charge >= 0.3 is 0 Å². The summed E-state index contributed by atoms with van der Waals surface area (Å²) in [5.41, 5.74) is 5.19. The summed E-state index contributed by atoms with van der Waals surface area (Å²) in [5, 5.41) is 21.3. The lowest BCUT2D eigenvalue weighted by Crippen LogP contribution is -2.15. The van der Waals surface area contributed by atoms with Crippen molar-refractivity contribution in [1.29, 1.82) is 5.41 Å². The van der Waals surface area contributed by atoms with Gasteiger partial charge in [0.15, 0.2) is 0 Å². The van der Waals surface area contributed by atoms with Gasteiger partial charge in [-0.25, -0.2) is 5.48 Å². The minimum Gasteiger partial charge on any atom is -0.309 e. The first kappa shape index (κ1) is 18.6. The van der Waals surface area contributed by atoms with Gasteiger partial charge in [-0.3, -0.25) is 14.7 Å². The highest BCUT2D eigenvalue weighted by atomic mass is 16.5. The number of carbonyl (C=O) groups is 1. The molecular weight excluding hydrogens is 316 g/mol. The van der Waals surface area contributed by atoms with Gasteiger partial charge in [0.05, 0.1) is 5.69 Å². The van der Waals surface area contributed by atoms with Crippen LogP contribution in [0.5, 0.6) is 0 Å². The maximum absolute atomic E-state index is 11.0. The molecule has 25 heavy (non-hydrogen) atoms. The zero-order valence-corrected chi connectivity index (χ0v) is 14.6. The fourth-order valence-corrected chi connectivity index (χ4v) is 2.73. The van der Waals surface area contributed by atoms with Gasteiger partial charge in [0.25, 0.3) is 5.91 Å². The van der Waals surface area contributed by atoms with Crippen molar-refractivity contribution in [2.24, 2.45) is 0 Å². The summed E-state index contributed by atoms with van der Waals surface area (Å²) >= 11 is 0. The average molecular weight is 340 g/mol. The lowest BCUT2D eigenvalue weighted by molar-refractivity contribution is -0.124. The van der Waals surface area contributed by atoms with Crippen molar-refractivity contribution in [3.05, 3.63) is 59.4 Å². The molecule has 6 nitrogen and oxygen atoms in total. The lowest BCUT2D eigenvalue weighted by Gasteiger charge is -2.17. The number of nitrogens with zero attached hydrogens (tertiary/aromatic N) is 2. The van der Waals surface area contributed by atoms with E-state index >= 15 is 0 Å². The molecule has 0 saturated heterocycles. The number of aryl methyl sites for hydroxylation is 2. The number of hydrogen-bond acceptors (Lipinski definition) is 4. The number of nitrogens with one attached hydrogen (secondary N) is 2. The first-order chi connectivity index (χ1) is 12.0. The molecule has 6 heteroatoms. The van der Waals surface area contributed by atoms with Crippen LogP contribution in [0.2, 0.25) is 0 Å². The second-order valence-electron chi connectivity index (χ2n) is 5.93. The second kappa shape index (κ2) is 8.94. The van der Waals surface area contributed by atoms with E-state index in [4.69, 9.17) is 10.6 Å². The van der Waals surface area contributed by atoms with Gasteiger partial charge in [0, 0.05) is 36.9 Å². The van der Waals surface area contributed by atoms with E-state index in [1.807, 2.05) is 48.1 Å².